The van der Waals surface area contributed by atoms with Gasteiger partial charge >= 0.3 is 0 Å². The Morgan fingerprint density at radius 1 is 1.25 bits per heavy atom. The average molecular weight is 226 g/mol. The predicted molar refractivity (Wildman–Crippen MR) is 67.4 cm³/mol. The second kappa shape index (κ2) is 6.89. The normalized spacial score (nSPS) is 19.0. The molecule has 1 aliphatic heterocycles. The Morgan fingerprint density at radius 3 is 2.25 bits per heavy atom. The lowest BCUT2D eigenvalue weighted by molar-refractivity contribution is -0.126. The van der Waals surface area contributed by atoms with Gasteiger partial charge in [0.2, 0.25) is 5.91 Å². The maximum Gasteiger partial charge on any atom is 0.223 e. The van der Waals surface area contributed by atoms with E-state index in [-0.39, 0.29) is 11.8 Å². The van der Waals surface area contributed by atoms with E-state index < -0.39 is 0 Å². The Hall–Kier alpha value is -0.570. The van der Waals surface area contributed by atoms with Gasteiger partial charge in [-0.15, -0.1) is 0 Å². The van der Waals surface area contributed by atoms with E-state index in [0.717, 1.165) is 45.3 Å². The summed E-state index contributed by atoms with van der Waals surface area (Å²) >= 11 is 0. The summed E-state index contributed by atoms with van der Waals surface area (Å²) in [5, 5.41) is 3.20. The van der Waals surface area contributed by atoms with Crippen LogP contribution in [0.5, 0.6) is 0 Å². The predicted octanol–water partition coefficient (Wildman–Crippen LogP) is 2.02. The molecule has 1 rings (SSSR count). The summed E-state index contributed by atoms with van der Waals surface area (Å²) in [5.74, 6) is 0.476. The lowest BCUT2D eigenvalue weighted by atomic mass is 10.00. The third kappa shape index (κ3) is 3.78. The number of rotatable bonds is 5. The molecule has 0 aromatic heterocycles. The topological polar surface area (TPSA) is 32.3 Å². The zero-order chi connectivity index (χ0) is 12.0. The van der Waals surface area contributed by atoms with E-state index in [1.54, 1.807) is 0 Å². The first kappa shape index (κ1) is 13.5. The first-order valence-electron chi connectivity index (χ1n) is 6.73. The molecular formula is C13H26N2O. The molecule has 0 unspecified atom stereocenters. The van der Waals surface area contributed by atoms with E-state index in [2.05, 4.69) is 31.0 Å². The summed E-state index contributed by atoms with van der Waals surface area (Å²) in [6.45, 7) is 9.77. The maximum absolute atomic E-state index is 11.9. The fourth-order valence-electron chi connectivity index (χ4n) is 2.37. The molecule has 16 heavy (non-hydrogen) atoms. The Kier molecular flexibility index (Phi) is 5.81. The standard InChI is InChI=1S/C13H26N2O/c1-4-11(5-2)13(16)14-12-7-9-15(6-3)10-8-12/h11-12H,4-10H2,1-3H3,(H,14,16). The highest BCUT2D eigenvalue weighted by Crippen LogP contribution is 2.13. The molecule has 0 aliphatic carbocycles. The van der Waals surface area contributed by atoms with Crippen LogP contribution in [0.25, 0.3) is 0 Å². The third-order valence-electron chi connectivity index (χ3n) is 3.74. The molecule has 1 heterocycles. The lowest BCUT2D eigenvalue weighted by Gasteiger charge is -2.32. The van der Waals surface area contributed by atoms with Crippen molar-refractivity contribution in [1.29, 1.82) is 0 Å². The van der Waals surface area contributed by atoms with Crippen LogP contribution in [0.4, 0.5) is 0 Å². The monoisotopic (exact) mass is 226 g/mol. The Morgan fingerprint density at radius 2 is 1.81 bits per heavy atom. The quantitative estimate of drug-likeness (QED) is 0.778. The zero-order valence-electron chi connectivity index (χ0n) is 11.0. The van der Waals surface area contributed by atoms with Crippen molar-refractivity contribution in [3.63, 3.8) is 0 Å². The van der Waals surface area contributed by atoms with E-state index in [1.807, 2.05) is 0 Å². The van der Waals surface area contributed by atoms with Gasteiger partial charge in [0.05, 0.1) is 0 Å². The fraction of sp³-hybridized carbons (Fsp3) is 0.923. The number of carbonyl (C=O) groups excluding carboxylic acids is 1. The van der Waals surface area contributed by atoms with E-state index in [4.69, 9.17) is 0 Å². The van der Waals surface area contributed by atoms with Crippen molar-refractivity contribution in [1.82, 2.24) is 10.2 Å². The average Bonchev–Trinajstić information content (AvgIpc) is 2.31. The number of amides is 1. The van der Waals surface area contributed by atoms with Gasteiger partial charge in [-0.1, -0.05) is 20.8 Å². The van der Waals surface area contributed by atoms with E-state index in [1.165, 1.54) is 0 Å². The van der Waals surface area contributed by atoms with E-state index >= 15 is 0 Å². The lowest BCUT2D eigenvalue weighted by Crippen LogP contribution is -2.46. The van der Waals surface area contributed by atoms with Crippen LogP contribution < -0.4 is 5.32 Å². The maximum atomic E-state index is 11.9. The van der Waals surface area contributed by atoms with Crippen LogP contribution in [-0.4, -0.2) is 36.5 Å². The van der Waals surface area contributed by atoms with Crippen molar-refractivity contribution in [2.24, 2.45) is 5.92 Å². The van der Waals surface area contributed by atoms with E-state index in [0.29, 0.717) is 6.04 Å². The smallest absolute Gasteiger partial charge is 0.223 e. The van der Waals surface area contributed by atoms with Gasteiger partial charge in [-0.2, -0.15) is 0 Å². The van der Waals surface area contributed by atoms with Gasteiger partial charge in [-0.25, -0.2) is 0 Å². The molecule has 0 aromatic carbocycles. The third-order valence-corrected chi connectivity index (χ3v) is 3.74. The summed E-state index contributed by atoms with van der Waals surface area (Å²) < 4.78 is 0. The van der Waals surface area contributed by atoms with Crippen molar-refractivity contribution >= 4 is 5.91 Å². The van der Waals surface area contributed by atoms with Gasteiger partial charge in [-0.3, -0.25) is 4.79 Å². The van der Waals surface area contributed by atoms with Crippen molar-refractivity contribution in [2.45, 2.75) is 52.5 Å². The summed E-state index contributed by atoms with van der Waals surface area (Å²) in [7, 11) is 0. The first-order chi connectivity index (χ1) is 7.71. The Bertz CT molecular complexity index is 206. The molecule has 1 saturated heterocycles. The van der Waals surface area contributed by atoms with Gasteiger partial charge < -0.3 is 10.2 Å². The van der Waals surface area contributed by atoms with Gasteiger partial charge in [0, 0.05) is 25.0 Å². The van der Waals surface area contributed by atoms with Crippen molar-refractivity contribution in [3.8, 4) is 0 Å². The highest BCUT2D eigenvalue weighted by atomic mass is 16.1. The molecule has 0 spiro atoms. The van der Waals surface area contributed by atoms with Gasteiger partial charge in [0.25, 0.3) is 0 Å². The van der Waals surface area contributed by atoms with Crippen LogP contribution in [0.3, 0.4) is 0 Å². The molecule has 3 nitrogen and oxygen atoms in total. The summed E-state index contributed by atoms with van der Waals surface area (Å²) in [6, 6.07) is 0.413. The number of hydrogen-bond donors (Lipinski definition) is 1. The van der Waals surface area contributed by atoms with Crippen LogP contribution in [0.15, 0.2) is 0 Å². The van der Waals surface area contributed by atoms with Crippen LogP contribution in [-0.2, 0) is 4.79 Å². The Labute approximate surface area is 99.6 Å². The van der Waals surface area contributed by atoms with Crippen LogP contribution >= 0.6 is 0 Å². The van der Waals surface area contributed by atoms with Gasteiger partial charge in [-0.05, 0) is 32.2 Å². The molecule has 0 bridgehead atoms. The SMILES string of the molecule is CCC(CC)C(=O)NC1CCN(CC)CC1. The largest absolute Gasteiger partial charge is 0.353 e. The second-order valence-electron chi connectivity index (χ2n) is 4.73. The minimum Gasteiger partial charge on any atom is -0.353 e. The highest BCUT2D eigenvalue weighted by Gasteiger charge is 2.22. The molecule has 1 aliphatic rings. The molecule has 0 aromatic rings. The first-order valence-corrected chi connectivity index (χ1v) is 6.73. The minimum atomic E-state index is 0.212. The van der Waals surface area contributed by atoms with Crippen LogP contribution in [0.2, 0.25) is 0 Å². The summed E-state index contributed by atoms with van der Waals surface area (Å²) in [5.41, 5.74) is 0. The van der Waals surface area contributed by atoms with Crippen molar-refractivity contribution < 1.29 is 4.79 Å². The summed E-state index contributed by atoms with van der Waals surface area (Å²) in [6.07, 6.45) is 4.13. The molecule has 0 saturated carbocycles. The highest BCUT2D eigenvalue weighted by molar-refractivity contribution is 5.78. The second-order valence-corrected chi connectivity index (χ2v) is 4.73. The number of nitrogens with one attached hydrogen (secondary N) is 1. The molecule has 0 radical (unpaired) electrons. The molecule has 1 amide bonds. The Balaban J connectivity index is 2.30. The molecule has 0 atom stereocenters. The van der Waals surface area contributed by atoms with Crippen LogP contribution in [0, 0.1) is 5.92 Å². The zero-order valence-corrected chi connectivity index (χ0v) is 11.0. The number of nitrogens with zero attached hydrogens (tertiary/aromatic N) is 1. The number of likely N-dealkylation sites (tertiary alicyclic amines) is 1. The molecule has 1 N–H and O–H groups in total. The van der Waals surface area contributed by atoms with E-state index in [9.17, 15) is 4.79 Å². The summed E-state index contributed by atoms with van der Waals surface area (Å²) in [4.78, 5) is 14.3. The molecule has 3 heteroatoms. The van der Waals surface area contributed by atoms with Crippen molar-refractivity contribution in [2.75, 3.05) is 19.6 Å². The van der Waals surface area contributed by atoms with Gasteiger partial charge in [0.1, 0.15) is 0 Å². The number of hydrogen-bond acceptors (Lipinski definition) is 2. The molecule has 94 valence electrons. The minimum absolute atomic E-state index is 0.212. The molecule has 1 fully saturated rings. The van der Waals surface area contributed by atoms with Crippen LogP contribution in [0.1, 0.15) is 46.5 Å². The fourth-order valence-corrected chi connectivity index (χ4v) is 2.37. The number of carbonyl (C=O) groups is 1. The van der Waals surface area contributed by atoms with Crippen molar-refractivity contribution in [3.05, 3.63) is 0 Å². The number of piperidine rings is 1. The molecular weight excluding hydrogens is 200 g/mol. The van der Waals surface area contributed by atoms with Gasteiger partial charge in [0.15, 0.2) is 0 Å².